The van der Waals surface area contributed by atoms with Gasteiger partial charge in [-0.3, -0.25) is 4.90 Å². The summed E-state index contributed by atoms with van der Waals surface area (Å²) in [6.07, 6.45) is -1.17. The minimum Gasteiger partial charge on any atom is -0.465 e. The van der Waals surface area contributed by atoms with Gasteiger partial charge in [0.1, 0.15) is 5.88 Å². The van der Waals surface area contributed by atoms with Crippen molar-refractivity contribution in [2.75, 3.05) is 18.2 Å². The second-order valence-corrected chi connectivity index (χ2v) is 4.28. The summed E-state index contributed by atoms with van der Waals surface area (Å²) in [4.78, 5) is 11.0. The molecule has 0 aromatic rings. The zero-order valence-corrected chi connectivity index (χ0v) is 5.97. The first-order valence-corrected chi connectivity index (χ1v) is 4.52. The first kappa shape index (κ1) is 7.33. The molecule has 0 atom stereocenters. The molecule has 1 heterocycles. The van der Waals surface area contributed by atoms with E-state index in [1.54, 1.807) is 0 Å². The Labute approximate surface area is 58.2 Å². The summed E-state index contributed by atoms with van der Waals surface area (Å²) in [7, 11) is -3.10. The summed E-state index contributed by atoms with van der Waals surface area (Å²) < 4.78 is 21.3. The molecule has 0 saturated carbocycles. The van der Waals surface area contributed by atoms with E-state index in [1.807, 2.05) is 0 Å². The van der Waals surface area contributed by atoms with E-state index in [4.69, 9.17) is 5.11 Å². The van der Waals surface area contributed by atoms with E-state index >= 15 is 0 Å². The molecule has 1 rings (SSSR count). The van der Waals surface area contributed by atoms with E-state index < -0.39 is 15.9 Å². The number of amides is 1. The normalized spacial score (nSPS) is 23.0. The monoisotopic (exact) mass is 165 g/mol. The first-order valence-electron chi connectivity index (χ1n) is 2.69. The molecular formula is C4H7NO4S. The molecule has 1 amide bonds. The van der Waals surface area contributed by atoms with Crippen molar-refractivity contribution in [1.82, 2.24) is 4.90 Å². The topological polar surface area (TPSA) is 74.7 Å². The van der Waals surface area contributed by atoms with Crippen molar-refractivity contribution in [2.45, 2.75) is 0 Å². The Kier molecular flexibility index (Phi) is 1.55. The minimum atomic E-state index is -3.10. The lowest BCUT2D eigenvalue weighted by Crippen LogP contribution is -2.26. The molecule has 1 aliphatic rings. The Balaban J connectivity index is 2.69. The highest BCUT2D eigenvalue weighted by Crippen LogP contribution is 2.06. The van der Waals surface area contributed by atoms with Crippen molar-refractivity contribution < 1.29 is 18.3 Å². The molecule has 0 aromatic carbocycles. The molecule has 58 valence electrons. The van der Waals surface area contributed by atoms with Gasteiger partial charge in [0.05, 0.1) is 5.75 Å². The van der Waals surface area contributed by atoms with Gasteiger partial charge in [-0.05, 0) is 0 Å². The van der Waals surface area contributed by atoms with Gasteiger partial charge >= 0.3 is 6.09 Å². The summed E-state index contributed by atoms with van der Waals surface area (Å²) in [5, 5.41) is 8.31. The quantitative estimate of drug-likeness (QED) is 0.517. The highest BCUT2D eigenvalue weighted by Gasteiger charge is 2.28. The van der Waals surface area contributed by atoms with Crippen LogP contribution in [0.4, 0.5) is 4.79 Å². The largest absolute Gasteiger partial charge is 0.465 e. The molecule has 0 radical (unpaired) electrons. The fraction of sp³-hybridized carbons (Fsp3) is 0.750. The second-order valence-electron chi connectivity index (χ2n) is 2.12. The number of nitrogens with zero attached hydrogens (tertiary/aromatic N) is 1. The van der Waals surface area contributed by atoms with Crippen LogP contribution < -0.4 is 0 Å². The van der Waals surface area contributed by atoms with Crippen molar-refractivity contribution in [3.8, 4) is 0 Å². The maximum absolute atomic E-state index is 10.6. The van der Waals surface area contributed by atoms with E-state index in [0.717, 1.165) is 4.90 Å². The lowest BCUT2D eigenvalue weighted by molar-refractivity contribution is 0.158. The predicted molar refractivity (Wildman–Crippen MR) is 33.4 cm³/mol. The predicted octanol–water partition coefficient (Wildman–Crippen LogP) is -0.648. The van der Waals surface area contributed by atoms with Crippen LogP contribution in [0.2, 0.25) is 0 Å². The molecule has 0 aliphatic carbocycles. The second kappa shape index (κ2) is 2.12. The van der Waals surface area contributed by atoms with Crippen LogP contribution in [0.15, 0.2) is 0 Å². The zero-order chi connectivity index (χ0) is 7.78. The maximum atomic E-state index is 10.6. The van der Waals surface area contributed by atoms with Crippen molar-refractivity contribution in [3.05, 3.63) is 0 Å². The number of carbonyl (C=O) groups is 1. The molecule has 0 spiro atoms. The van der Waals surface area contributed by atoms with Crippen LogP contribution in [0.1, 0.15) is 0 Å². The van der Waals surface area contributed by atoms with Crippen molar-refractivity contribution >= 4 is 15.9 Å². The van der Waals surface area contributed by atoms with Crippen LogP contribution in [0, 0.1) is 0 Å². The van der Waals surface area contributed by atoms with Crippen LogP contribution in [0.25, 0.3) is 0 Å². The third kappa shape index (κ3) is 1.38. The Morgan fingerprint density at radius 3 is 2.30 bits per heavy atom. The molecule has 1 fully saturated rings. The smallest absolute Gasteiger partial charge is 0.408 e. The highest BCUT2D eigenvalue weighted by atomic mass is 32.2. The third-order valence-electron chi connectivity index (χ3n) is 1.30. The average Bonchev–Trinajstić information content (AvgIpc) is 2.10. The van der Waals surface area contributed by atoms with Gasteiger partial charge in [0.2, 0.25) is 0 Å². The van der Waals surface area contributed by atoms with Gasteiger partial charge < -0.3 is 5.11 Å². The van der Waals surface area contributed by atoms with Crippen LogP contribution in [0.3, 0.4) is 0 Å². The van der Waals surface area contributed by atoms with Crippen molar-refractivity contribution in [3.63, 3.8) is 0 Å². The highest BCUT2D eigenvalue weighted by molar-refractivity contribution is 7.91. The minimum absolute atomic E-state index is 0.0424. The molecule has 0 unspecified atom stereocenters. The van der Waals surface area contributed by atoms with Gasteiger partial charge in [0.15, 0.2) is 9.84 Å². The van der Waals surface area contributed by atoms with E-state index in [1.165, 1.54) is 0 Å². The number of hydrogen-bond acceptors (Lipinski definition) is 3. The lowest BCUT2D eigenvalue weighted by Gasteiger charge is -2.05. The Bertz CT molecular complexity index is 244. The fourth-order valence-electron chi connectivity index (χ4n) is 0.767. The van der Waals surface area contributed by atoms with Crippen LogP contribution in [-0.2, 0) is 9.84 Å². The number of rotatable bonds is 0. The Morgan fingerprint density at radius 2 is 2.10 bits per heavy atom. The van der Waals surface area contributed by atoms with E-state index in [2.05, 4.69) is 0 Å². The number of hydrogen-bond donors (Lipinski definition) is 1. The van der Waals surface area contributed by atoms with Gasteiger partial charge in [0, 0.05) is 6.54 Å². The van der Waals surface area contributed by atoms with Gasteiger partial charge in [-0.1, -0.05) is 0 Å². The molecule has 0 aromatic heterocycles. The Morgan fingerprint density at radius 1 is 1.50 bits per heavy atom. The van der Waals surface area contributed by atoms with Gasteiger partial charge in [-0.2, -0.15) is 0 Å². The molecule has 10 heavy (non-hydrogen) atoms. The molecule has 0 bridgehead atoms. The van der Waals surface area contributed by atoms with Gasteiger partial charge in [-0.25, -0.2) is 13.2 Å². The van der Waals surface area contributed by atoms with Crippen LogP contribution in [0.5, 0.6) is 0 Å². The lowest BCUT2D eigenvalue weighted by atomic mass is 10.7. The van der Waals surface area contributed by atoms with Crippen LogP contribution >= 0.6 is 0 Å². The number of sulfone groups is 1. The third-order valence-corrected chi connectivity index (χ3v) is 2.80. The van der Waals surface area contributed by atoms with Crippen molar-refractivity contribution in [2.24, 2.45) is 0 Å². The molecule has 1 saturated heterocycles. The first-order chi connectivity index (χ1) is 4.51. The van der Waals surface area contributed by atoms with E-state index in [9.17, 15) is 13.2 Å². The summed E-state index contributed by atoms with van der Waals surface area (Å²) in [5.74, 6) is -0.387. The van der Waals surface area contributed by atoms with E-state index in [-0.39, 0.29) is 18.2 Å². The van der Waals surface area contributed by atoms with Gasteiger partial charge in [0.25, 0.3) is 0 Å². The SMILES string of the molecule is O=C(O)N1CCS(=O)(=O)C1. The summed E-state index contributed by atoms with van der Waals surface area (Å²) >= 11 is 0. The zero-order valence-electron chi connectivity index (χ0n) is 5.15. The number of carboxylic acid groups (broad SMARTS) is 1. The van der Waals surface area contributed by atoms with E-state index in [0.29, 0.717) is 0 Å². The van der Waals surface area contributed by atoms with Gasteiger partial charge in [-0.15, -0.1) is 0 Å². The fourth-order valence-corrected chi connectivity index (χ4v) is 2.11. The maximum Gasteiger partial charge on any atom is 0.408 e. The Hall–Kier alpha value is -0.780. The summed E-state index contributed by atoms with van der Waals surface area (Å²) in [5.41, 5.74) is 0. The molecule has 6 heteroatoms. The molecular weight excluding hydrogens is 158 g/mol. The molecule has 1 N–H and O–H groups in total. The summed E-state index contributed by atoms with van der Waals surface area (Å²) in [6, 6.07) is 0. The standard InChI is InChI=1S/C4H7NO4S/c6-4(7)5-1-2-10(8,9)3-5/h1-3H2,(H,6,7). The summed E-state index contributed by atoms with van der Waals surface area (Å²) in [6.45, 7) is 0.109. The van der Waals surface area contributed by atoms with Crippen molar-refractivity contribution in [1.29, 1.82) is 0 Å². The molecule has 5 nitrogen and oxygen atoms in total. The van der Waals surface area contributed by atoms with Crippen LogP contribution in [-0.4, -0.2) is 42.7 Å². The molecule has 1 aliphatic heterocycles. The average molecular weight is 165 g/mol.